The minimum absolute atomic E-state index is 0.0913. The molecule has 0 unspecified atom stereocenters. The zero-order valence-electron chi connectivity index (χ0n) is 12.5. The van der Waals surface area contributed by atoms with Gasteiger partial charge in [0.25, 0.3) is 0 Å². The van der Waals surface area contributed by atoms with E-state index in [0.717, 1.165) is 32.6 Å². The van der Waals surface area contributed by atoms with E-state index in [1.54, 1.807) is 5.06 Å². The van der Waals surface area contributed by atoms with Crippen molar-refractivity contribution in [1.29, 1.82) is 0 Å². The molecule has 0 amide bonds. The highest BCUT2D eigenvalue weighted by Crippen LogP contribution is 2.33. The molecule has 2 heterocycles. The van der Waals surface area contributed by atoms with Gasteiger partial charge < -0.3 is 15.0 Å². The molecule has 1 saturated heterocycles. The Morgan fingerprint density at radius 3 is 2.11 bits per heavy atom. The average Bonchev–Trinajstić information content (AvgIpc) is 2.26. The number of nitrogens with zero attached hydrogens (tertiary/aromatic N) is 3. The maximum absolute atomic E-state index is 8.29. The summed E-state index contributed by atoms with van der Waals surface area (Å²) in [5.74, 6) is 0. The van der Waals surface area contributed by atoms with Crippen molar-refractivity contribution in [2.45, 2.75) is 45.2 Å². The SMILES string of the molecule is CN1CC=C(N2CC(C)(C)N([OH2+])C(C)(C)C2)CC1. The van der Waals surface area contributed by atoms with Gasteiger partial charge in [0.2, 0.25) is 0 Å². The summed E-state index contributed by atoms with van der Waals surface area (Å²) >= 11 is 0. The Morgan fingerprint density at radius 1 is 1.11 bits per heavy atom. The van der Waals surface area contributed by atoms with Crippen molar-refractivity contribution in [3.05, 3.63) is 11.8 Å². The number of likely N-dealkylation sites (N-methyl/N-ethyl adjacent to an activating group) is 1. The minimum atomic E-state index is -0.0913. The maximum Gasteiger partial charge on any atom is 0.101 e. The van der Waals surface area contributed by atoms with Crippen molar-refractivity contribution in [2.75, 3.05) is 33.2 Å². The number of piperazine rings is 1. The Morgan fingerprint density at radius 2 is 1.67 bits per heavy atom. The summed E-state index contributed by atoms with van der Waals surface area (Å²) in [5, 5.41) is 10.1. The van der Waals surface area contributed by atoms with E-state index in [9.17, 15) is 0 Å². The predicted octanol–water partition coefficient (Wildman–Crippen LogP) is 1.02. The molecule has 4 heteroatoms. The van der Waals surface area contributed by atoms with Crippen LogP contribution in [0.15, 0.2) is 11.8 Å². The van der Waals surface area contributed by atoms with Crippen LogP contribution >= 0.6 is 0 Å². The standard InChI is InChI=1S/C14H27N3O/c1-13(2)10-16(11-14(3,4)17(13)18)12-6-8-15(5)9-7-12/h6,18H,7-11H2,1-5H3/p+1. The molecule has 0 aromatic heterocycles. The monoisotopic (exact) mass is 254 g/mol. The molecule has 0 radical (unpaired) electrons. The minimum Gasteiger partial charge on any atom is -0.371 e. The van der Waals surface area contributed by atoms with Crippen LogP contribution in [-0.4, -0.2) is 64.4 Å². The van der Waals surface area contributed by atoms with E-state index in [4.69, 9.17) is 5.21 Å². The Kier molecular flexibility index (Phi) is 3.47. The fourth-order valence-electron chi connectivity index (χ4n) is 3.20. The van der Waals surface area contributed by atoms with Crippen molar-refractivity contribution in [3.63, 3.8) is 0 Å². The van der Waals surface area contributed by atoms with Gasteiger partial charge in [0.05, 0.1) is 0 Å². The van der Waals surface area contributed by atoms with Crippen LogP contribution in [0.1, 0.15) is 34.1 Å². The van der Waals surface area contributed by atoms with Gasteiger partial charge in [-0.25, -0.2) is 0 Å². The normalized spacial score (nSPS) is 29.2. The van der Waals surface area contributed by atoms with E-state index in [0.29, 0.717) is 0 Å². The lowest BCUT2D eigenvalue weighted by Crippen LogP contribution is -2.67. The van der Waals surface area contributed by atoms with Gasteiger partial charge in [-0.1, -0.05) is 11.1 Å². The van der Waals surface area contributed by atoms with Crippen LogP contribution in [0.25, 0.3) is 0 Å². The molecule has 0 atom stereocenters. The molecule has 4 nitrogen and oxygen atoms in total. The highest BCUT2D eigenvalue weighted by Gasteiger charge is 2.48. The second kappa shape index (κ2) is 4.51. The van der Waals surface area contributed by atoms with Crippen LogP contribution in [0.5, 0.6) is 0 Å². The van der Waals surface area contributed by atoms with Gasteiger partial charge >= 0.3 is 0 Å². The molecule has 0 aromatic carbocycles. The van der Waals surface area contributed by atoms with Gasteiger partial charge in [-0.15, -0.1) is 0 Å². The Balaban J connectivity index is 2.16. The predicted molar refractivity (Wildman–Crippen MR) is 75.4 cm³/mol. The lowest BCUT2D eigenvalue weighted by atomic mass is 9.89. The van der Waals surface area contributed by atoms with Gasteiger partial charge in [-0.05, 0) is 41.2 Å². The van der Waals surface area contributed by atoms with Crippen LogP contribution < -0.4 is 0 Å². The van der Waals surface area contributed by atoms with E-state index in [1.165, 1.54) is 5.70 Å². The van der Waals surface area contributed by atoms with E-state index >= 15 is 0 Å². The molecule has 18 heavy (non-hydrogen) atoms. The Labute approximate surface area is 111 Å². The first-order chi connectivity index (χ1) is 8.22. The lowest BCUT2D eigenvalue weighted by Gasteiger charge is -2.51. The Bertz CT molecular complexity index is 331. The quantitative estimate of drug-likeness (QED) is 0.655. The second-order valence-electron chi connectivity index (χ2n) is 7.02. The summed E-state index contributed by atoms with van der Waals surface area (Å²) in [6.45, 7) is 12.8. The molecule has 2 aliphatic heterocycles. The van der Waals surface area contributed by atoms with Crippen LogP contribution in [-0.2, 0) is 0 Å². The number of hydrogen-bond donors (Lipinski definition) is 0. The highest BCUT2D eigenvalue weighted by atomic mass is 16.5. The molecule has 1 fully saturated rings. The summed E-state index contributed by atoms with van der Waals surface area (Å²) in [6.07, 6.45) is 3.50. The summed E-state index contributed by atoms with van der Waals surface area (Å²) in [7, 11) is 2.17. The summed E-state index contributed by atoms with van der Waals surface area (Å²) in [5.41, 5.74) is 1.29. The van der Waals surface area contributed by atoms with Crippen molar-refractivity contribution in [1.82, 2.24) is 14.9 Å². The van der Waals surface area contributed by atoms with Crippen LogP contribution in [0.4, 0.5) is 0 Å². The van der Waals surface area contributed by atoms with Gasteiger partial charge in [0.1, 0.15) is 11.1 Å². The number of hydrogen-bond acceptors (Lipinski definition) is 3. The molecule has 2 N–H and O–H groups in total. The third-order valence-electron chi connectivity index (χ3n) is 4.16. The van der Waals surface area contributed by atoms with E-state index in [-0.39, 0.29) is 11.1 Å². The molecule has 0 saturated carbocycles. The number of hydroxylamine groups is 2. The van der Waals surface area contributed by atoms with Crippen molar-refractivity contribution in [2.24, 2.45) is 0 Å². The summed E-state index contributed by atoms with van der Waals surface area (Å²) in [6, 6.07) is 0. The molecule has 0 bridgehead atoms. The number of rotatable bonds is 1. The Hall–Kier alpha value is -0.580. The highest BCUT2D eigenvalue weighted by molar-refractivity contribution is 5.11. The van der Waals surface area contributed by atoms with Gasteiger partial charge in [-0.2, -0.15) is 0 Å². The van der Waals surface area contributed by atoms with E-state index < -0.39 is 0 Å². The fourth-order valence-corrected chi connectivity index (χ4v) is 3.20. The van der Waals surface area contributed by atoms with Gasteiger partial charge in [0.15, 0.2) is 0 Å². The van der Waals surface area contributed by atoms with E-state index in [2.05, 4.69) is 50.6 Å². The first kappa shape index (κ1) is 13.8. The third-order valence-corrected chi connectivity index (χ3v) is 4.16. The van der Waals surface area contributed by atoms with Crippen LogP contribution in [0.2, 0.25) is 0 Å². The van der Waals surface area contributed by atoms with E-state index in [1.807, 2.05) is 0 Å². The molecule has 0 aliphatic carbocycles. The molecule has 2 aliphatic rings. The van der Waals surface area contributed by atoms with Crippen LogP contribution in [0, 0.1) is 0 Å². The zero-order valence-corrected chi connectivity index (χ0v) is 12.5. The van der Waals surface area contributed by atoms with Gasteiger partial charge in [0, 0.05) is 31.9 Å². The summed E-state index contributed by atoms with van der Waals surface area (Å²) in [4.78, 5) is 4.85. The molecule has 0 spiro atoms. The molecular formula is C14H28N3O+. The zero-order chi connectivity index (χ0) is 13.6. The lowest BCUT2D eigenvalue weighted by molar-refractivity contribution is -0.250. The van der Waals surface area contributed by atoms with Crippen molar-refractivity contribution in [3.8, 4) is 0 Å². The largest absolute Gasteiger partial charge is 0.371 e. The molecule has 0 aromatic rings. The smallest absolute Gasteiger partial charge is 0.101 e. The second-order valence-corrected chi connectivity index (χ2v) is 7.02. The molecular weight excluding hydrogens is 226 g/mol. The van der Waals surface area contributed by atoms with Crippen molar-refractivity contribution < 1.29 is 5.21 Å². The molecule has 2 rings (SSSR count). The molecule has 104 valence electrons. The van der Waals surface area contributed by atoms with Crippen LogP contribution in [0.3, 0.4) is 0 Å². The fraction of sp³-hybridized carbons (Fsp3) is 0.857. The topological polar surface area (TPSA) is 32.6 Å². The van der Waals surface area contributed by atoms with Gasteiger partial charge in [-0.3, -0.25) is 0 Å². The average molecular weight is 254 g/mol. The first-order valence-electron chi connectivity index (χ1n) is 6.86. The summed E-state index contributed by atoms with van der Waals surface area (Å²) < 4.78 is 0. The maximum atomic E-state index is 8.29. The first-order valence-corrected chi connectivity index (χ1v) is 6.86. The van der Waals surface area contributed by atoms with Crippen molar-refractivity contribution >= 4 is 0 Å². The third kappa shape index (κ3) is 2.56.